The number of ether oxygens (including phenoxy) is 1. The predicted octanol–water partition coefficient (Wildman–Crippen LogP) is -0.982. The first-order valence-corrected chi connectivity index (χ1v) is 3.38. The molecule has 0 aromatic rings. The van der Waals surface area contributed by atoms with Crippen molar-refractivity contribution in [3.63, 3.8) is 0 Å². The van der Waals surface area contributed by atoms with E-state index in [-0.39, 0.29) is 64.4 Å². The van der Waals surface area contributed by atoms with Crippen LogP contribution in [0, 0.1) is 0 Å². The molecule has 0 saturated carbocycles. The molecule has 0 aromatic carbocycles. The van der Waals surface area contributed by atoms with Crippen molar-refractivity contribution in [2.45, 2.75) is 18.7 Å². The maximum Gasteiger partial charge on any atom is 1.00 e. The number of halogens is 3. The minimum Gasteiger partial charge on any atom is -0.449 e. The van der Waals surface area contributed by atoms with Gasteiger partial charge in [0, 0.05) is 13.2 Å². The first kappa shape index (κ1) is 12.5. The van der Waals surface area contributed by atoms with E-state index in [1.54, 1.807) is 0 Å². The molecule has 1 unspecified atom stereocenters. The van der Waals surface area contributed by atoms with Crippen LogP contribution in [0.25, 0.3) is 0 Å². The van der Waals surface area contributed by atoms with E-state index < -0.39 is 12.8 Å². The van der Waals surface area contributed by atoms with E-state index in [0.717, 1.165) is 0 Å². The summed E-state index contributed by atoms with van der Waals surface area (Å²) in [7, 11) is 0. The normalized spacial score (nSPS) is 25.9. The zero-order chi connectivity index (χ0) is 7.61. The number of hydrogen-bond acceptors (Lipinski definition) is 1. The van der Waals surface area contributed by atoms with Crippen molar-refractivity contribution >= 4 is 6.98 Å². The minimum atomic E-state index is -4.65. The van der Waals surface area contributed by atoms with Crippen molar-refractivity contribution in [3.05, 3.63) is 0 Å². The molecule has 0 N–H and O–H groups in total. The van der Waals surface area contributed by atoms with Gasteiger partial charge < -0.3 is 17.7 Å². The molecule has 1 saturated heterocycles. The summed E-state index contributed by atoms with van der Waals surface area (Å²) in [6, 6.07) is 0. The molecule has 1 rings (SSSR count). The van der Waals surface area contributed by atoms with Gasteiger partial charge in [-0.2, -0.15) is 0 Å². The van der Waals surface area contributed by atoms with Gasteiger partial charge in [-0.3, -0.25) is 0 Å². The summed E-state index contributed by atoms with van der Waals surface area (Å²) in [4.78, 5) is 0. The molecule has 0 amide bonds. The average Bonchev–Trinajstić information content (AvgIpc) is 1.88. The van der Waals surface area contributed by atoms with Crippen molar-refractivity contribution in [1.29, 1.82) is 0 Å². The van der Waals surface area contributed by atoms with Crippen LogP contribution >= 0.6 is 0 Å². The Morgan fingerprint density at radius 3 is 2.18 bits per heavy atom. The van der Waals surface area contributed by atoms with Gasteiger partial charge in [0.1, 0.15) is 0 Å². The van der Waals surface area contributed by atoms with Crippen LogP contribution < -0.4 is 51.4 Å². The Balaban J connectivity index is 0.000001000. The van der Waals surface area contributed by atoms with Crippen molar-refractivity contribution in [1.82, 2.24) is 0 Å². The van der Waals surface area contributed by atoms with E-state index in [9.17, 15) is 12.9 Å². The fourth-order valence-corrected chi connectivity index (χ4v) is 1.06. The zero-order valence-electron chi connectivity index (χ0n) is 6.53. The largest absolute Gasteiger partial charge is 1.00 e. The van der Waals surface area contributed by atoms with Crippen molar-refractivity contribution in [3.8, 4) is 0 Å². The molecule has 1 nitrogen and oxygen atoms in total. The number of rotatable bonds is 1. The summed E-state index contributed by atoms with van der Waals surface area (Å²) in [6.45, 7) is -4.28. The monoisotopic (exact) mass is 192 g/mol. The van der Waals surface area contributed by atoms with Crippen LogP contribution in [0.5, 0.6) is 0 Å². The Hall–Kier alpha value is 1.45. The molecule has 11 heavy (non-hydrogen) atoms. The molecule has 1 heterocycles. The van der Waals surface area contributed by atoms with Crippen LogP contribution in [0.4, 0.5) is 12.9 Å². The summed E-state index contributed by atoms with van der Waals surface area (Å²) < 4.78 is 40.5. The van der Waals surface area contributed by atoms with Gasteiger partial charge in [-0.05, 0) is 12.2 Å². The summed E-state index contributed by atoms with van der Waals surface area (Å²) in [6.07, 6.45) is 0.801. The molecule has 0 aliphatic carbocycles. The smallest absolute Gasteiger partial charge is 0.449 e. The van der Waals surface area contributed by atoms with Gasteiger partial charge in [0.2, 0.25) is 0 Å². The Morgan fingerprint density at radius 2 is 1.91 bits per heavy atom. The summed E-state index contributed by atoms with van der Waals surface area (Å²) >= 11 is 0. The van der Waals surface area contributed by atoms with Gasteiger partial charge in [0.25, 0.3) is 0 Å². The van der Waals surface area contributed by atoms with Gasteiger partial charge in [-0.15, -0.1) is 0 Å². The maximum atomic E-state index is 11.9. The Bertz CT molecular complexity index is 113. The Labute approximate surface area is 107 Å². The third kappa shape index (κ3) is 4.28. The molecule has 60 valence electrons. The molecule has 0 radical (unpaired) electrons. The fourth-order valence-electron chi connectivity index (χ4n) is 1.06. The van der Waals surface area contributed by atoms with Crippen LogP contribution in [0.15, 0.2) is 0 Å². The molecule has 1 aliphatic heterocycles. The second-order valence-corrected chi connectivity index (χ2v) is 2.60. The molecule has 0 spiro atoms. The number of hydrogen-bond donors (Lipinski definition) is 0. The molecular weight excluding hydrogens is 183 g/mol. The third-order valence-corrected chi connectivity index (χ3v) is 1.73. The van der Waals surface area contributed by atoms with E-state index in [0.29, 0.717) is 13.0 Å². The van der Waals surface area contributed by atoms with Crippen LogP contribution in [-0.4, -0.2) is 20.2 Å². The predicted molar refractivity (Wildman–Crippen MR) is 32.9 cm³/mol. The molecular formula is C5H9BF3KO. The molecule has 6 heteroatoms. The first-order chi connectivity index (χ1) is 4.61. The Morgan fingerprint density at radius 1 is 1.27 bits per heavy atom. The summed E-state index contributed by atoms with van der Waals surface area (Å²) in [5.41, 5.74) is 0. The summed E-state index contributed by atoms with van der Waals surface area (Å²) in [5.74, 6) is -1.16. The van der Waals surface area contributed by atoms with E-state index in [4.69, 9.17) is 4.74 Å². The van der Waals surface area contributed by atoms with Crippen molar-refractivity contribution in [2.24, 2.45) is 0 Å². The van der Waals surface area contributed by atoms with Crippen LogP contribution in [0.1, 0.15) is 12.8 Å². The third-order valence-electron chi connectivity index (χ3n) is 1.73. The van der Waals surface area contributed by atoms with E-state index in [2.05, 4.69) is 0 Å². The molecule has 0 bridgehead atoms. The molecule has 1 aliphatic rings. The zero-order valence-corrected chi connectivity index (χ0v) is 9.65. The minimum absolute atomic E-state index is 0. The maximum absolute atomic E-state index is 11.9. The fraction of sp³-hybridized carbons (Fsp3) is 1.00. The standard InChI is InChI=1S/C5H9BF3O.K/c7-6(8,9)5-2-1-3-10-4-5;/h5H,1-4H2;/q-1;+1. The SMILES string of the molecule is F[B-](F)(F)C1CCCOC1.[K+]. The van der Waals surface area contributed by atoms with E-state index in [1.165, 1.54) is 0 Å². The first-order valence-electron chi connectivity index (χ1n) is 3.38. The average molecular weight is 192 g/mol. The Kier molecular flexibility index (Phi) is 5.93. The van der Waals surface area contributed by atoms with Gasteiger partial charge in [0.05, 0.1) is 0 Å². The van der Waals surface area contributed by atoms with Crippen LogP contribution in [0.2, 0.25) is 5.82 Å². The second-order valence-electron chi connectivity index (χ2n) is 2.60. The quantitative estimate of drug-likeness (QED) is 0.485. The van der Waals surface area contributed by atoms with E-state index >= 15 is 0 Å². The van der Waals surface area contributed by atoms with Gasteiger partial charge in [0.15, 0.2) is 0 Å². The topological polar surface area (TPSA) is 9.23 Å². The molecule has 1 fully saturated rings. The molecule has 0 aromatic heterocycles. The van der Waals surface area contributed by atoms with Crippen molar-refractivity contribution in [2.75, 3.05) is 13.2 Å². The second kappa shape index (κ2) is 5.24. The van der Waals surface area contributed by atoms with Gasteiger partial charge >= 0.3 is 58.4 Å². The van der Waals surface area contributed by atoms with E-state index in [1.807, 2.05) is 0 Å². The van der Waals surface area contributed by atoms with Gasteiger partial charge in [-0.1, -0.05) is 6.42 Å². The van der Waals surface area contributed by atoms with Crippen LogP contribution in [0.3, 0.4) is 0 Å². The molecule has 1 atom stereocenters. The summed E-state index contributed by atoms with van der Waals surface area (Å²) in [5, 5.41) is 0. The van der Waals surface area contributed by atoms with Crippen molar-refractivity contribution < 1.29 is 69.1 Å². The van der Waals surface area contributed by atoms with Gasteiger partial charge in [-0.25, -0.2) is 0 Å². The van der Waals surface area contributed by atoms with Crippen LogP contribution in [-0.2, 0) is 4.74 Å².